The maximum atomic E-state index is 11.8. The maximum absolute atomic E-state index is 11.8. The molecule has 0 spiro atoms. The quantitative estimate of drug-likeness (QED) is 0.840. The van der Waals surface area contributed by atoms with Gasteiger partial charge in [0, 0.05) is 20.0 Å². The number of likely N-dealkylation sites (N-methyl/N-ethyl adjacent to an activating group) is 1. The molecule has 18 heavy (non-hydrogen) atoms. The molecule has 3 heteroatoms. The minimum absolute atomic E-state index is 0.0908. The van der Waals surface area contributed by atoms with Crippen LogP contribution < -0.4 is 0 Å². The van der Waals surface area contributed by atoms with Gasteiger partial charge in [0.1, 0.15) is 0 Å². The van der Waals surface area contributed by atoms with E-state index in [1.165, 1.54) is 5.56 Å². The molecule has 0 unspecified atom stereocenters. The van der Waals surface area contributed by atoms with Crippen LogP contribution in [0.2, 0.25) is 0 Å². The minimum Gasteiger partial charge on any atom is -0.389 e. The molecule has 100 valence electrons. The number of nitrogens with zero attached hydrogens (tertiary/aromatic N) is 1. The highest BCUT2D eigenvalue weighted by molar-refractivity contribution is 5.75. The van der Waals surface area contributed by atoms with E-state index < -0.39 is 5.60 Å². The van der Waals surface area contributed by atoms with Crippen LogP contribution in [-0.4, -0.2) is 35.1 Å². The van der Waals surface area contributed by atoms with Gasteiger partial charge in [0.05, 0.1) is 5.60 Å². The second-order valence-corrected chi connectivity index (χ2v) is 5.40. The predicted molar refractivity (Wildman–Crippen MR) is 73.3 cm³/mol. The average molecular weight is 249 g/mol. The Bertz CT molecular complexity index is 368. The average Bonchev–Trinajstić information content (AvgIpc) is 2.28. The molecule has 0 heterocycles. The van der Waals surface area contributed by atoms with E-state index in [0.717, 1.165) is 12.8 Å². The second-order valence-electron chi connectivity index (χ2n) is 5.40. The zero-order chi connectivity index (χ0) is 13.6. The van der Waals surface area contributed by atoms with Crippen molar-refractivity contribution in [2.75, 3.05) is 13.6 Å². The van der Waals surface area contributed by atoms with E-state index >= 15 is 0 Å². The van der Waals surface area contributed by atoms with Crippen LogP contribution in [0.3, 0.4) is 0 Å². The van der Waals surface area contributed by atoms with Crippen molar-refractivity contribution in [1.29, 1.82) is 0 Å². The molecule has 0 saturated heterocycles. The van der Waals surface area contributed by atoms with E-state index in [0.29, 0.717) is 13.0 Å². The fourth-order valence-corrected chi connectivity index (χ4v) is 1.95. The van der Waals surface area contributed by atoms with Gasteiger partial charge in [-0.3, -0.25) is 4.79 Å². The lowest BCUT2D eigenvalue weighted by atomic mass is 10.1. The Balaban J connectivity index is 2.29. The van der Waals surface area contributed by atoms with E-state index in [2.05, 4.69) is 12.1 Å². The molecule has 0 saturated carbocycles. The highest BCUT2D eigenvalue weighted by Crippen LogP contribution is 2.08. The van der Waals surface area contributed by atoms with Crippen LogP contribution in [0.5, 0.6) is 0 Å². The van der Waals surface area contributed by atoms with Crippen LogP contribution in [0.4, 0.5) is 0 Å². The Morgan fingerprint density at radius 1 is 1.28 bits per heavy atom. The lowest BCUT2D eigenvalue weighted by Gasteiger charge is -2.25. The molecule has 1 rings (SSSR count). The van der Waals surface area contributed by atoms with Gasteiger partial charge in [0.2, 0.25) is 5.91 Å². The second kappa shape index (κ2) is 6.55. The summed E-state index contributed by atoms with van der Waals surface area (Å²) in [6.07, 6.45) is 2.30. The van der Waals surface area contributed by atoms with Crippen LogP contribution in [-0.2, 0) is 11.2 Å². The summed E-state index contributed by atoms with van der Waals surface area (Å²) >= 11 is 0. The molecule has 1 N–H and O–H groups in total. The van der Waals surface area contributed by atoms with Crippen LogP contribution in [0.1, 0.15) is 32.3 Å². The topological polar surface area (TPSA) is 40.5 Å². The first-order valence-corrected chi connectivity index (χ1v) is 6.39. The van der Waals surface area contributed by atoms with Crippen LogP contribution in [0.25, 0.3) is 0 Å². The van der Waals surface area contributed by atoms with Gasteiger partial charge in [0.15, 0.2) is 0 Å². The highest BCUT2D eigenvalue weighted by atomic mass is 16.3. The zero-order valence-corrected chi connectivity index (χ0v) is 11.5. The Kier molecular flexibility index (Phi) is 5.35. The number of carbonyl (C=O) groups is 1. The Hall–Kier alpha value is -1.35. The fourth-order valence-electron chi connectivity index (χ4n) is 1.95. The van der Waals surface area contributed by atoms with E-state index in [1.54, 1.807) is 25.8 Å². The molecule has 0 radical (unpaired) electrons. The summed E-state index contributed by atoms with van der Waals surface area (Å²) in [5.74, 6) is 0.0908. The third kappa shape index (κ3) is 5.82. The van der Waals surface area contributed by atoms with Gasteiger partial charge in [-0.15, -0.1) is 0 Å². The van der Waals surface area contributed by atoms with E-state index in [-0.39, 0.29) is 5.91 Å². The Labute approximate surface area is 109 Å². The maximum Gasteiger partial charge on any atom is 0.222 e. The number of benzene rings is 1. The van der Waals surface area contributed by atoms with Gasteiger partial charge in [-0.1, -0.05) is 30.3 Å². The molecular weight excluding hydrogens is 226 g/mol. The number of aryl methyl sites for hydroxylation is 1. The summed E-state index contributed by atoms with van der Waals surface area (Å²) in [5.41, 5.74) is 0.430. The standard InChI is InChI=1S/C15H23NO2/c1-15(2,18)12-16(3)14(17)11-7-10-13-8-5-4-6-9-13/h4-6,8-9,18H,7,10-12H2,1-3H3. The molecule has 0 aliphatic rings. The zero-order valence-electron chi connectivity index (χ0n) is 11.5. The minimum atomic E-state index is -0.830. The van der Waals surface area contributed by atoms with Crippen molar-refractivity contribution in [3.63, 3.8) is 0 Å². The highest BCUT2D eigenvalue weighted by Gasteiger charge is 2.18. The molecule has 0 aliphatic carbocycles. The van der Waals surface area contributed by atoms with Crippen molar-refractivity contribution in [2.24, 2.45) is 0 Å². The number of hydrogen-bond donors (Lipinski definition) is 1. The molecular formula is C15H23NO2. The van der Waals surface area contributed by atoms with Gasteiger partial charge in [-0.2, -0.15) is 0 Å². The first kappa shape index (κ1) is 14.7. The smallest absolute Gasteiger partial charge is 0.222 e. The number of hydrogen-bond acceptors (Lipinski definition) is 2. The van der Waals surface area contributed by atoms with Gasteiger partial charge in [0.25, 0.3) is 0 Å². The predicted octanol–water partition coefficient (Wildman–Crippen LogP) is 2.24. The summed E-state index contributed by atoms with van der Waals surface area (Å²) in [4.78, 5) is 13.4. The molecule has 0 aliphatic heterocycles. The van der Waals surface area contributed by atoms with Gasteiger partial charge in [-0.25, -0.2) is 0 Å². The monoisotopic (exact) mass is 249 g/mol. The van der Waals surface area contributed by atoms with Crippen molar-refractivity contribution in [3.05, 3.63) is 35.9 Å². The lowest BCUT2D eigenvalue weighted by Crippen LogP contribution is -2.39. The largest absolute Gasteiger partial charge is 0.389 e. The fraction of sp³-hybridized carbons (Fsp3) is 0.533. The van der Waals surface area contributed by atoms with Crippen LogP contribution in [0.15, 0.2) is 30.3 Å². The van der Waals surface area contributed by atoms with Gasteiger partial charge in [-0.05, 0) is 32.3 Å². The van der Waals surface area contributed by atoms with E-state index in [1.807, 2.05) is 18.2 Å². The van der Waals surface area contributed by atoms with Crippen LogP contribution >= 0.6 is 0 Å². The normalized spacial score (nSPS) is 11.3. The van der Waals surface area contributed by atoms with Crippen molar-refractivity contribution < 1.29 is 9.90 Å². The summed E-state index contributed by atoms with van der Waals surface area (Å²) in [7, 11) is 1.74. The molecule has 0 aromatic heterocycles. The Morgan fingerprint density at radius 3 is 2.44 bits per heavy atom. The SMILES string of the molecule is CN(CC(C)(C)O)C(=O)CCCc1ccccc1. The van der Waals surface area contributed by atoms with Crippen molar-refractivity contribution in [2.45, 2.75) is 38.7 Å². The van der Waals surface area contributed by atoms with Gasteiger partial charge >= 0.3 is 0 Å². The molecule has 1 amide bonds. The molecule has 0 atom stereocenters. The molecule has 1 aromatic carbocycles. The molecule has 0 bridgehead atoms. The van der Waals surface area contributed by atoms with E-state index in [4.69, 9.17) is 0 Å². The van der Waals surface area contributed by atoms with Crippen LogP contribution in [0, 0.1) is 0 Å². The molecule has 3 nitrogen and oxygen atoms in total. The van der Waals surface area contributed by atoms with Crippen molar-refractivity contribution >= 4 is 5.91 Å². The molecule has 0 fully saturated rings. The summed E-state index contributed by atoms with van der Waals surface area (Å²) in [5, 5.41) is 9.65. The van der Waals surface area contributed by atoms with Gasteiger partial charge < -0.3 is 10.0 Å². The van der Waals surface area contributed by atoms with Crippen molar-refractivity contribution in [1.82, 2.24) is 4.90 Å². The Morgan fingerprint density at radius 2 is 1.89 bits per heavy atom. The molecule has 1 aromatic rings. The number of carbonyl (C=O) groups excluding carboxylic acids is 1. The summed E-state index contributed by atoms with van der Waals surface area (Å²) in [6, 6.07) is 10.2. The number of amides is 1. The summed E-state index contributed by atoms with van der Waals surface area (Å²) < 4.78 is 0. The van der Waals surface area contributed by atoms with Crippen molar-refractivity contribution in [3.8, 4) is 0 Å². The first-order chi connectivity index (χ1) is 8.38. The third-order valence-corrected chi connectivity index (χ3v) is 2.75. The first-order valence-electron chi connectivity index (χ1n) is 6.39. The summed E-state index contributed by atoms with van der Waals surface area (Å²) in [6.45, 7) is 3.79. The number of rotatable bonds is 6. The van der Waals surface area contributed by atoms with E-state index in [9.17, 15) is 9.90 Å². The lowest BCUT2D eigenvalue weighted by molar-refractivity contribution is -0.132. The number of aliphatic hydroxyl groups is 1. The third-order valence-electron chi connectivity index (χ3n) is 2.75.